The lowest BCUT2D eigenvalue weighted by Crippen LogP contribution is -2.21. The summed E-state index contributed by atoms with van der Waals surface area (Å²) >= 11 is 0. The fraction of sp³-hybridized carbons (Fsp3) is 1.00. The molecular formula is C5H8O3. The molecule has 3 heteroatoms. The second kappa shape index (κ2) is 1.23. The molecule has 2 unspecified atom stereocenters. The lowest BCUT2D eigenvalue weighted by atomic mass is 10.2. The summed E-state index contributed by atoms with van der Waals surface area (Å²) in [5.74, 6) is -0.412. The summed E-state index contributed by atoms with van der Waals surface area (Å²) in [6.45, 7) is 1.89. The first-order valence-corrected chi connectivity index (χ1v) is 2.81. The van der Waals surface area contributed by atoms with Gasteiger partial charge in [-0.15, -0.1) is 0 Å². The van der Waals surface area contributed by atoms with Crippen LogP contribution in [0.3, 0.4) is 0 Å². The van der Waals surface area contributed by atoms with Crippen molar-refractivity contribution in [1.29, 1.82) is 0 Å². The maximum atomic E-state index is 5.22. The Morgan fingerprint density at radius 2 is 2.50 bits per heavy atom. The van der Waals surface area contributed by atoms with E-state index >= 15 is 0 Å². The Hall–Kier alpha value is -0.120. The van der Waals surface area contributed by atoms with E-state index in [1.807, 2.05) is 6.92 Å². The average Bonchev–Trinajstić information content (AvgIpc) is 2.21. The molecule has 2 rings (SSSR count). The second-order valence-corrected chi connectivity index (χ2v) is 2.40. The van der Waals surface area contributed by atoms with Crippen LogP contribution in [0.15, 0.2) is 0 Å². The predicted molar refractivity (Wildman–Crippen MR) is 24.7 cm³/mol. The maximum absolute atomic E-state index is 5.22. The van der Waals surface area contributed by atoms with Crippen LogP contribution in [0.2, 0.25) is 0 Å². The summed E-state index contributed by atoms with van der Waals surface area (Å²) in [5, 5.41) is 0. The Balaban J connectivity index is 2.19. The van der Waals surface area contributed by atoms with Crippen molar-refractivity contribution in [3.05, 3.63) is 0 Å². The summed E-state index contributed by atoms with van der Waals surface area (Å²) < 4.78 is 5.22. The van der Waals surface area contributed by atoms with E-state index in [1.54, 1.807) is 0 Å². The van der Waals surface area contributed by atoms with Crippen LogP contribution in [-0.2, 0) is 14.5 Å². The minimum Gasteiger partial charge on any atom is -0.315 e. The largest absolute Gasteiger partial charge is 0.315 e. The van der Waals surface area contributed by atoms with Gasteiger partial charge in [-0.3, -0.25) is 0 Å². The molecule has 0 N–H and O–H groups in total. The van der Waals surface area contributed by atoms with Crippen LogP contribution in [0.1, 0.15) is 19.8 Å². The highest BCUT2D eigenvalue weighted by molar-refractivity contribution is 4.74. The monoisotopic (exact) mass is 116 g/mol. The molecule has 2 heterocycles. The van der Waals surface area contributed by atoms with Gasteiger partial charge in [-0.25, -0.2) is 4.89 Å². The topological polar surface area (TPSA) is 27.7 Å². The molecule has 2 aliphatic rings. The van der Waals surface area contributed by atoms with Crippen LogP contribution in [-0.4, -0.2) is 12.1 Å². The first-order valence-electron chi connectivity index (χ1n) is 2.81. The lowest BCUT2D eigenvalue weighted by Gasteiger charge is -2.13. The van der Waals surface area contributed by atoms with Gasteiger partial charge in [0.25, 0.3) is 0 Å². The molecule has 46 valence electrons. The van der Waals surface area contributed by atoms with Crippen molar-refractivity contribution in [3.63, 3.8) is 0 Å². The van der Waals surface area contributed by atoms with Crippen molar-refractivity contribution in [2.75, 3.05) is 0 Å². The third kappa shape index (κ3) is 0.491. The van der Waals surface area contributed by atoms with Gasteiger partial charge >= 0.3 is 0 Å². The SMILES string of the molecule is CC12CCC(OO1)O2. The quantitative estimate of drug-likeness (QED) is 0.438. The zero-order valence-electron chi connectivity index (χ0n) is 4.72. The second-order valence-electron chi connectivity index (χ2n) is 2.40. The van der Waals surface area contributed by atoms with E-state index in [0.717, 1.165) is 12.8 Å². The van der Waals surface area contributed by atoms with Crippen molar-refractivity contribution in [2.24, 2.45) is 0 Å². The zero-order valence-corrected chi connectivity index (χ0v) is 4.72. The van der Waals surface area contributed by atoms with Crippen LogP contribution in [0.25, 0.3) is 0 Å². The molecule has 0 spiro atoms. The van der Waals surface area contributed by atoms with Crippen LogP contribution in [0.4, 0.5) is 0 Å². The van der Waals surface area contributed by atoms with E-state index in [4.69, 9.17) is 14.5 Å². The molecule has 0 aliphatic carbocycles. The van der Waals surface area contributed by atoms with Crippen molar-refractivity contribution in [1.82, 2.24) is 0 Å². The molecule has 3 nitrogen and oxygen atoms in total. The van der Waals surface area contributed by atoms with Gasteiger partial charge < -0.3 is 4.74 Å². The van der Waals surface area contributed by atoms with E-state index in [1.165, 1.54) is 0 Å². The van der Waals surface area contributed by atoms with Crippen LogP contribution >= 0.6 is 0 Å². The van der Waals surface area contributed by atoms with Gasteiger partial charge in [0.1, 0.15) is 0 Å². The molecule has 0 aromatic carbocycles. The molecule has 8 heavy (non-hydrogen) atoms. The standard InChI is InChI=1S/C5H8O3/c1-5-3-2-4(6-5)7-8-5/h4H,2-3H2,1H3. The molecule has 0 amide bonds. The van der Waals surface area contributed by atoms with Crippen molar-refractivity contribution >= 4 is 0 Å². The molecule has 0 aromatic rings. The number of fused-ring (bicyclic) bond motifs is 2. The number of rotatable bonds is 0. The van der Waals surface area contributed by atoms with Crippen molar-refractivity contribution < 1.29 is 14.5 Å². The Morgan fingerprint density at radius 1 is 1.62 bits per heavy atom. The Labute approximate surface area is 47.5 Å². The van der Waals surface area contributed by atoms with E-state index in [-0.39, 0.29) is 6.29 Å². The smallest absolute Gasteiger partial charge is 0.202 e. The normalized spacial score (nSPS) is 52.9. The van der Waals surface area contributed by atoms with E-state index in [9.17, 15) is 0 Å². The van der Waals surface area contributed by atoms with Gasteiger partial charge in [0.2, 0.25) is 5.79 Å². The van der Waals surface area contributed by atoms with Gasteiger partial charge in [-0.05, 0) is 6.92 Å². The summed E-state index contributed by atoms with van der Waals surface area (Å²) in [6.07, 6.45) is 1.84. The summed E-state index contributed by atoms with van der Waals surface area (Å²) in [4.78, 5) is 9.55. The first kappa shape index (κ1) is 4.73. The summed E-state index contributed by atoms with van der Waals surface area (Å²) in [6, 6.07) is 0. The molecular weight excluding hydrogens is 108 g/mol. The number of hydrogen-bond acceptors (Lipinski definition) is 3. The number of hydrogen-bond donors (Lipinski definition) is 0. The van der Waals surface area contributed by atoms with Crippen molar-refractivity contribution in [2.45, 2.75) is 31.8 Å². The first-order chi connectivity index (χ1) is 3.79. The molecule has 2 saturated heterocycles. The van der Waals surface area contributed by atoms with Crippen LogP contribution in [0, 0.1) is 0 Å². The van der Waals surface area contributed by atoms with Gasteiger partial charge in [0, 0.05) is 12.8 Å². The van der Waals surface area contributed by atoms with E-state index in [2.05, 4.69) is 0 Å². The van der Waals surface area contributed by atoms with Crippen molar-refractivity contribution in [3.8, 4) is 0 Å². The molecule has 2 bridgehead atoms. The third-order valence-corrected chi connectivity index (χ3v) is 1.55. The highest BCUT2D eigenvalue weighted by Gasteiger charge is 2.46. The zero-order chi connectivity index (χ0) is 5.61. The number of ether oxygens (including phenoxy) is 1. The molecule has 2 fully saturated rings. The fourth-order valence-electron chi connectivity index (χ4n) is 1.06. The van der Waals surface area contributed by atoms with Crippen LogP contribution in [0.5, 0.6) is 0 Å². The summed E-state index contributed by atoms with van der Waals surface area (Å²) in [7, 11) is 0. The molecule has 2 atom stereocenters. The highest BCUT2D eigenvalue weighted by atomic mass is 17.3. The maximum Gasteiger partial charge on any atom is 0.202 e. The predicted octanol–water partition coefficient (Wildman–Crippen LogP) is 0.801. The Morgan fingerprint density at radius 3 is 2.62 bits per heavy atom. The van der Waals surface area contributed by atoms with Gasteiger partial charge in [-0.1, -0.05) is 0 Å². The lowest BCUT2D eigenvalue weighted by molar-refractivity contribution is -0.345. The average molecular weight is 116 g/mol. The molecule has 0 aromatic heterocycles. The van der Waals surface area contributed by atoms with E-state index < -0.39 is 5.79 Å². The van der Waals surface area contributed by atoms with Gasteiger partial charge in [0.15, 0.2) is 6.29 Å². The van der Waals surface area contributed by atoms with Gasteiger partial charge in [0.05, 0.1) is 0 Å². The molecule has 0 saturated carbocycles. The third-order valence-electron chi connectivity index (χ3n) is 1.55. The molecule has 0 radical (unpaired) electrons. The Kier molecular flexibility index (Phi) is 0.730. The fourth-order valence-corrected chi connectivity index (χ4v) is 1.06. The Bertz CT molecular complexity index is 104. The minimum absolute atomic E-state index is 0.0833. The van der Waals surface area contributed by atoms with E-state index in [0.29, 0.717) is 0 Å². The van der Waals surface area contributed by atoms with Crippen LogP contribution < -0.4 is 0 Å². The minimum atomic E-state index is -0.412. The summed E-state index contributed by atoms with van der Waals surface area (Å²) in [5.41, 5.74) is 0. The highest BCUT2D eigenvalue weighted by Crippen LogP contribution is 2.38. The van der Waals surface area contributed by atoms with Gasteiger partial charge in [-0.2, -0.15) is 4.89 Å². The molecule has 2 aliphatic heterocycles.